The molecule has 0 saturated heterocycles. The van der Waals surface area contributed by atoms with Crippen molar-refractivity contribution in [3.63, 3.8) is 0 Å². The Labute approximate surface area is 127 Å². The number of halogens is 2. The Hall–Kier alpha value is -1.03. The highest BCUT2D eigenvalue weighted by Crippen LogP contribution is 2.45. The van der Waals surface area contributed by atoms with Gasteiger partial charge in [0, 0.05) is 33.2 Å². The molecule has 1 N–H and O–H groups in total. The predicted octanol–water partition coefficient (Wildman–Crippen LogP) is 4.63. The fourth-order valence-electron chi connectivity index (χ4n) is 2.79. The quantitative estimate of drug-likeness (QED) is 0.887. The van der Waals surface area contributed by atoms with Gasteiger partial charge in [-0.05, 0) is 30.8 Å². The molecule has 0 amide bonds. The molecule has 20 heavy (non-hydrogen) atoms. The van der Waals surface area contributed by atoms with Gasteiger partial charge in [-0.25, -0.2) is 4.39 Å². The van der Waals surface area contributed by atoms with E-state index in [2.05, 4.69) is 17.4 Å². The molecule has 0 saturated carbocycles. The second kappa shape index (κ2) is 5.76. The number of hydrogen-bond donors (Lipinski definition) is 1. The summed E-state index contributed by atoms with van der Waals surface area (Å²) in [5.41, 5.74) is 1.98. The van der Waals surface area contributed by atoms with E-state index in [4.69, 9.17) is 11.6 Å². The normalized spacial score (nSPS) is 18.9. The number of likely N-dealkylation sites (N-methyl/N-ethyl adjacent to an activating group) is 1. The van der Waals surface area contributed by atoms with E-state index in [1.807, 2.05) is 30.9 Å². The Morgan fingerprint density at radius 1 is 1.30 bits per heavy atom. The zero-order valence-electron chi connectivity index (χ0n) is 11.1. The molecular weight excluding hydrogens is 293 g/mol. The van der Waals surface area contributed by atoms with E-state index in [0.29, 0.717) is 10.6 Å². The molecule has 2 aromatic carbocycles. The minimum absolute atomic E-state index is 0.0385. The van der Waals surface area contributed by atoms with Gasteiger partial charge >= 0.3 is 0 Å². The second-order valence-electron chi connectivity index (χ2n) is 4.89. The van der Waals surface area contributed by atoms with E-state index in [1.54, 1.807) is 12.1 Å². The molecule has 2 unspecified atom stereocenters. The molecule has 0 aliphatic carbocycles. The van der Waals surface area contributed by atoms with Gasteiger partial charge in [0.2, 0.25) is 0 Å². The monoisotopic (exact) mass is 307 g/mol. The number of rotatable bonds is 3. The first-order valence-electron chi connectivity index (χ1n) is 6.54. The molecule has 0 radical (unpaired) electrons. The number of fused-ring (bicyclic) bond motifs is 1. The van der Waals surface area contributed by atoms with Gasteiger partial charge in [0.15, 0.2) is 0 Å². The van der Waals surface area contributed by atoms with E-state index in [1.165, 1.54) is 16.5 Å². The Bertz CT molecular complexity index is 632. The highest BCUT2D eigenvalue weighted by molar-refractivity contribution is 7.99. The maximum atomic E-state index is 14.2. The van der Waals surface area contributed by atoms with Crippen LogP contribution in [0.25, 0.3) is 0 Å². The SMILES string of the molecule is CNC(c1ccc(Cl)cc1F)C1CSc2ccccc21. The lowest BCUT2D eigenvalue weighted by atomic mass is 9.88. The van der Waals surface area contributed by atoms with Gasteiger partial charge in [-0.3, -0.25) is 0 Å². The largest absolute Gasteiger partial charge is 0.312 e. The van der Waals surface area contributed by atoms with E-state index in [-0.39, 0.29) is 17.8 Å². The van der Waals surface area contributed by atoms with Gasteiger partial charge in [0.1, 0.15) is 5.82 Å². The van der Waals surface area contributed by atoms with E-state index >= 15 is 0 Å². The summed E-state index contributed by atoms with van der Waals surface area (Å²) in [5, 5.41) is 3.70. The third-order valence-electron chi connectivity index (χ3n) is 3.75. The molecule has 1 aliphatic heterocycles. The van der Waals surface area contributed by atoms with Crippen LogP contribution in [0.15, 0.2) is 47.4 Å². The van der Waals surface area contributed by atoms with E-state index < -0.39 is 0 Å². The molecule has 4 heteroatoms. The number of nitrogens with one attached hydrogen (secondary N) is 1. The smallest absolute Gasteiger partial charge is 0.129 e. The minimum Gasteiger partial charge on any atom is -0.312 e. The van der Waals surface area contributed by atoms with Crippen molar-refractivity contribution in [3.8, 4) is 0 Å². The lowest BCUT2D eigenvalue weighted by Gasteiger charge is -2.24. The van der Waals surface area contributed by atoms with Crippen LogP contribution in [-0.4, -0.2) is 12.8 Å². The Balaban J connectivity index is 1.99. The van der Waals surface area contributed by atoms with Gasteiger partial charge in [-0.15, -0.1) is 11.8 Å². The lowest BCUT2D eigenvalue weighted by Crippen LogP contribution is -2.25. The Morgan fingerprint density at radius 3 is 2.85 bits per heavy atom. The van der Waals surface area contributed by atoms with Crippen LogP contribution in [0.3, 0.4) is 0 Å². The first-order chi connectivity index (χ1) is 9.70. The van der Waals surface area contributed by atoms with Crippen molar-refractivity contribution in [1.29, 1.82) is 0 Å². The Morgan fingerprint density at radius 2 is 2.10 bits per heavy atom. The van der Waals surface area contributed by atoms with Gasteiger partial charge in [0.25, 0.3) is 0 Å². The number of benzene rings is 2. The van der Waals surface area contributed by atoms with E-state index in [0.717, 1.165) is 5.75 Å². The molecule has 0 fully saturated rings. The van der Waals surface area contributed by atoms with Crippen molar-refractivity contribution >= 4 is 23.4 Å². The molecule has 1 aliphatic rings. The molecule has 2 aromatic rings. The van der Waals surface area contributed by atoms with Crippen LogP contribution >= 0.6 is 23.4 Å². The third kappa shape index (κ3) is 2.46. The van der Waals surface area contributed by atoms with Crippen LogP contribution in [0.4, 0.5) is 4.39 Å². The second-order valence-corrected chi connectivity index (χ2v) is 6.39. The van der Waals surface area contributed by atoms with Crippen molar-refractivity contribution in [2.75, 3.05) is 12.8 Å². The van der Waals surface area contributed by atoms with Crippen molar-refractivity contribution in [3.05, 3.63) is 64.4 Å². The Kier molecular flexibility index (Phi) is 4.01. The summed E-state index contributed by atoms with van der Waals surface area (Å²) in [6.45, 7) is 0. The van der Waals surface area contributed by atoms with Crippen molar-refractivity contribution in [2.45, 2.75) is 16.9 Å². The predicted molar refractivity (Wildman–Crippen MR) is 83.1 cm³/mol. The highest BCUT2D eigenvalue weighted by atomic mass is 35.5. The first-order valence-corrected chi connectivity index (χ1v) is 7.91. The van der Waals surface area contributed by atoms with Crippen LogP contribution < -0.4 is 5.32 Å². The molecule has 0 bridgehead atoms. The van der Waals surface area contributed by atoms with Crippen LogP contribution in [0.1, 0.15) is 23.1 Å². The summed E-state index contributed by atoms with van der Waals surface area (Å²) in [5.74, 6) is 0.996. The van der Waals surface area contributed by atoms with Crippen LogP contribution in [0.5, 0.6) is 0 Å². The molecule has 0 spiro atoms. The molecule has 1 nitrogen and oxygen atoms in total. The molecule has 104 valence electrons. The summed E-state index contributed by atoms with van der Waals surface area (Å²) >= 11 is 7.68. The molecule has 1 heterocycles. The van der Waals surface area contributed by atoms with Crippen LogP contribution in [0.2, 0.25) is 5.02 Å². The summed E-state index contributed by atoms with van der Waals surface area (Å²) in [6, 6.07) is 13.2. The maximum Gasteiger partial charge on any atom is 0.129 e. The molecule has 0 aromatic heterocycles. The van der Waals surface area contributed by atoms with Gasteiger partial charge in [-0.2, -0.15) is 0 Å². The molecule has 2 atom stereocenters. The number of thioether (sulfide) groups is 1. The standard InChI is InChI=1S/C16H15ClFNS/c1-19-16(12-7-6-10(17)8-14(12)18)13-9-20-15-5-3-2-4-11(13)15/h2-8,13,16,19H,9H2,1H3. The fraction of sp³-hybridized carbons (Fsp3) is 0.250. The summed E-state index contributed by atoms with van der Waals surface area (Å²) in [7, 11) is 1.88. The maximum absolute atomic E-state index is 14.2. The van der Waals surface area contributed by atoms with Crippen LogP contribution in [-0.2, 0) is 0 Å². The minimum atomic E-state index is -0.244. The average Bonchev–Trinajstić information content (AvgIpc) is 2.86. The average molecular weight is 308 g/mol. The first kappa shape index (κ1) is 13.9. The van der Waals surface area contributed by atoms with Crippen molar-refractivity contribution < 1.29 is 4.39 Å². The third-order valence-corrected chi connectivity index (χ3v) is 5.19. The van der Waals surface area contributed by atoms with Crippen molar-refractivity contribution in [2.24, 2.45) is 0 Å². The number of hydrogen-bond acceptors (Lipinski definition) is 2. The van der Waals surface area contributed by atoms with Crippen LogP contribution in [0, 0.1) is 5.82 Å². The van der Waals surface area contributed by atoms with Crippen molar-refractivity contribution in [1.82, 2.24) is 5.32 Å². The fourth-order valence-corrected chi connectivity index (χ4v) is 4.24. The topological polar surface area (TPSA) is 12.0 Å². The molecule has 3 rings (SSSR count). The van der Waals surface area contributed by atoms with Gasteiger partial charge < -0.3 is 5.32 Å². The summed E-state index contributed by atoms with van der Waals surface area (Å²) < 4.78 is 14.2. The van der Waals surface area contributed by atoms with Gasteiger partial charge in [-0.1, -0.05) is 35.9 Å². The van der Waals surface area contributed by atoms with Gasteiger partial charge in [0.05, 0.1) is 0 Å². The zero-order chi connectivity index (χ0) is 14.1. The lowest BCUT2D eigenvalue weighted by molar-refractivity contribution is 0.483. The van der Waals surface area contributed by atoms with E-state index in [9.17, 15) is 4.39 Å². The summed E-state index contributed by atoms with van der Waals surface area (Å²) in [6.07, 6.45) is 0. The zero-order valence-corrected chi connectivity index (χ0v) is 12.6. The summed E-state index contributed by atoms with van der Waals surface area (Å²) in [4.78, 5) is 1.30. The molecular formula is C16H15ClFNS. The highest BCUT2D eigenvalue weighted by Gasteiger charge is 2.31.